The molecule has 140 valence electrons. The molecule has 0 saturated heterocycles. The number of alkyl carbamates (subject to hydrolysis) is 1. The van der Waals surface area contributed by atoms with Gasteiger partial charge in [0.15, 0.2) is 0 Å². The first-order chi connectivity index (χ1) is 11.7. The summed E-state index contributed by atoms with van der Waals surface area (Å²) in [5.41, 5.74) is -0.735. The minimum absolute atomic E-state index is 0.702. The van der Waals surface area contributed by atoms with Crippen molar-refractivity contribution < 1.29 is 29.3 Å². The van der Waals surface area contributed by atoms with Gasteiger partial charge in [-0.25, -0.2) is 9.59 Å². The van der Waals surface area contributed by atoms with Gasteiger partial charge in [0.05, 0.1) is 34.5 Å². The lowest BCUT2D eigenvalue weighted by atomic mass is 10.0. The van der Waals surface area contributed by atoms with Gasteiger partial charge in [-0.05, 0) is 6.92 Å². The summed E-state index contributed by atoms with van der Waals surface area (Å²) in [6.45, 7) is 5.38. The van der Waals surface area contributed by atoms with Crippen molar-refractivity contribution in [2.24, 2.45) is 0 Å². The van der Waals surface area contributed by atoms with Crippen LogP contribution in [0.3, 0.4) is 0 Å². The average Bonchev–Trinajstić information content (AvgIpc) is 2.60. The Morgan fingerprint density at radius 2 is 1.64 bits per heavy atom. The van der Waals surface area contributed by atoms with Gasteiger partial charge in [0, 0.05) is 5.54 Å². The van der Waals surface area contributed by atoms with E-state index in [2.05, 4.69) is 10.1 Å². The molecule has 0 fully saturated rings. The van der Waals surface area contributed by atoms with Crippen molar-refractivity contribution in [2.75, 3.05) is 14.2 Å². The summed E-state index contributed by atoms with van der Waals surface area (Å²) >= 11 is 0. The maximum absolute atomic E-state index is 12.3. The SMILES string of the molecule is COC(=O)N[C@@H](C(=O)OC)[C@@H]([C@@H](O)[C@H](C)O)[Si](C)(C)c1ccccc1. The van der Waals surface area contributed by atoms with Crippen molar-refractivity contribution in [3.8, 4) is 0 Å². The Kier molecular flexibility index (Phi) is 7.59. The Bertz CT molecular complexity index is 578. The fraction of sp³-hybridized carbons (Fsp3) is 0.529. The fourth-order valence-electron chi connectivity index (χ4n) is 3.01. The molecule has 3 N–H and O–H groups in total. The van der Waals surface area contributed by atoms with Crippen LogP contribution in [0.1, 0.15) is 6.92 Å². The molecular formula is C17H27NO6Si. The number of aliphatic hydroxyl groups excluding tert-OH is 2. The number of carbonyl (C=O) groups is 2. The van der Waals surface area contributed by atoms with Crippen molar-refractivity contribution >= 4 is 25.3 Å². The number of rotatable bonds is 7. The Labute approximate surface area is 149 Å². The van der Waals surface area contributed by atoms with Crippen LogP contribution in [0.15, 0.2) is 30.3 Å². The normalized spacial score (nSPS) is 16.3. The third kappa shape index (κ3) is 5.04. The molecule has 4 atom stereocenters. The van der Waals surface area contributed by atoms with Crippen LogP contribution >= 0.6 is 0 Å². The summed E-state index contributed by atoms with van der Waals surface area (Å²) in [7, 11) is -0.148. The second kappa shape index (κ2) is 8.98. The molecule has 0 heterocycles. The van der Waals surface area contributed by atoms with E-state index in [1.54, 1.807) is 0 Å². The number of amides is 1. The van der Waals surface area contributed by atoms with Crippen LogP contribution in [0.5, 0.6) is 0 Å². The van der Waals surface area contributed by atoms with Crippen LogP contribution in [0, 0.1) is 0 Å². The van der Waals surface area contributed by atoms with E-state index >= 15 is 0 Å². The summed E-state index contributed by atoms with van der Waals surface area (Å²) in [5, 5.41) is 24.1. The summed E-state index contributed by atoms with van der Waals surface area (Å²) in [4.78, 5) is 24.1. The van der Waals surface area contributed by atoms with Gasteiger partial charge >= 0.3 is 12.1 Å². The fourth-order valence-corrected chi connectivity index (χ4v) is 6.63. The van der Waals surface area contributed by atoms with Gasteiger partial charge in [0.25, 0.3) is 0 Å². The third-order valence-corrected chi connectivity index (χ3v) is 8.65. The summed E-state index contributed by atoms with van der Waals surface area (Å²) in [5.74, 6) is -0.702. The molecular weight excluding hydrogens is 342 g/mol. The van der Waals surface area contributed by atoms with Gasteiger partial charge in [-0.1, -0.05) is 48.6 Å². The number of methoxy groups -OCH3 is 2. The van der Waals surface area contributed by atoms with Gasteiger partial charge in [-0.15, -0.1) is 0 Å². The van der Waals surface area contributed by atoms with Crippen LogP contribution in [0.4, 0.5) is 4.79 Å². The Morgan fingerprint density at radius 1 is 1.08 bits per heavy atom. The van der Waals surface area contributed by atoms with E-state index in [0.29, 0.717) is 0 Å². The van der Waals surface area contributed by atoms with Gasteiger partial charge in [0.2, 0.25) is 0 Å². The number of hydrogen-bond acceptors (Lipinski definition) is 6. The van der Waals surface area contributed by atoms with Crippen LogP contribution in [0.25, 0.3) is 0 Å². The van der Waals surface area contributed by atoms with Crippen LogP contribution in [-0.2, 0) is 14.3 Å². The molecule has 0 aromatic heterocycles. The third-order valence-electron chi connectivity index (χ3n) is 4.49. The zero-order valence-electron chi connectivity index (χ0n) is 15.2. The van der Waals surface area contributed by atoms with E-state index < -0.39 is 43.9 Å². The second-order valence-electron chi connectivity index (χ2n) is 6.48. The molecule has 1 amide bonds. The Balaban J connectivity index is 3.42. The number of aliphatic hydroxyl groups is 2. The number of carbonyl (C=O) groups excluding carboxylic acids is 2. The van der Waals surface area contributed by atoms with Crippen molar-refractivity contribution in [3.05, 3.63) is 30.3 Å². The van der Waals surface area contributed by atoms with Crippen molar-refractivity contribution in [1.82, 2.24) is 5.32 Å². The predicted molar refractivity (Wildman–Crippen MR) is 96.3 cm³/mol. The summed E-state index contributed by atoms with van der Waals surface area (Å²) < 4.78 is 9.42. The molecule has 0 aliphatic carbocycles. The largest absolute Gasteiger partial charge is 0.467 e. The first-order valence-electron chi connectivity index (χ1n) is 8.00. The van der Waals surface area contributed by atoms with Crippen LogP contribution < -0.4 is 10.5 Å². The van der Waals surface area contributed by atoms with E-state index in [-0.39, 0.29) is 0 Å². The number of esters is 1. The molecule has 0 aliphatic rings. The minimum Gasteiger partial charge on any atom is -0.467 e. The lowest BCUT2D eigenvalue weighted by molar-refractivity contribution is -0.144. The van der Waals surface area contributed by atoms with Crippen molar-refractivity contribution in [2.45, 2.75) is 43.8 Å². The Hall–Kier alpha value is -1.90. The van der Waals surface area contributed by atoms with Gasteiger partial charge in [-0.2, -0.15) is 0 Å². The van der Waals surface area contributed by atoms with E-state index in [0.717, 1.165) is 5.19 Å². The molecule has 7 nitrogen and oxygen atoms in total. The molecule has 1 rings (SSSR count). The second-order valence-corrected chi connectivity index (χ2v) is 11.2. The molecule has 0 saturated carbocycles. The Morgan fingerprint density at radius 3 is 2.08 bits per heavy atom. The number of ether oxygens (including phenoxy) is 2. The number of nitrogens with one attached hydrogen (secondary N) is 1. The first kappa shape index (κ1) is 21.1. The highest BCUT2D eigenvalue weighted by atomic mass is 28.3. The van der Waals surface area contributed by atoms with Crippen LogP contribution in [-0.4, -0.2) is 62.8 Å². The molecule has 0 spiro atoms. The van der Waals surface area contributed by atoms with Gasteiger partial charge < -0.3 is 25.0 Å². The highest BCUT2D eigenvalue weighted by Gasteiger charge is 2.48. The average molecular weight is 369 g/mol. The zero-order valence-corrected chi connectivity index (χ0v) is 16.2. The molecule has 1 aromatic carbocycles. The van der Waals surface area contributed by atoms with Gasteiger partial charge in [0.1, 0.15) is 6.04 Å². The smallest absolute Gasteiger partial charge is 0.407 e. The number of benzene rings is 1. The lowest BCUT2D eigenvalue weighted by Crippen LogP contribution is -2.61. The molecule has 8 heteroatoms. The maximum atomic E-state index is 12.3. The maximum Gasteiger partial charge on any atom is 0.407 e. The van der Waals surface area contributed by atoms with E-state index in [4.69, 9.17) is 4.74 Å². The van der Waals surface area contributed by atoms with Gasteiger partial charge in [-0.3, -0.25) is 0 Å². The van der Waals surface area contributed by atoms with E-state index in [1.165, 1.54) is 21.1 Å². The van der Waals surface area contributed by atoms with Crippen molar-refractivity contribution in [3.63, 3.8) is 0 Å². The highest BCUT2D eigenvalue weighted by Crippen LogP contribution is 2.32. The quantitative estimate of drug-likeness (QED) is 0.480. The highest BCUT2D eigenvalue weighted by molar-refractivity contribution is 6.91. The summed E-state index contributed by atoms with van der Waals surface area (Å²) in [6.07, 6.45) is -3.13. The zero-order chi connectivity index (χ0) is 19.2. The molecule has 0 aliphatic heterocycles. The first-order valence-corrected chi connectivity index (χ1v) is 11.1. The topological polar surface area (TPSA) is 105 Å². The van der Waals surface area contributed by atoms with Crippen LogP contribution in [0.2, 0.25) is 18.6 Å². The number of hydrogen-bond donors (Lipinski definition) is 3. The van der Waals surface area contributed by atoms with E-state index in [1.807, 2.05) is 43.4 Å². The monoisotopic (exact) mass is 369 g/mol. The molecule has 0 unspecified atom stereocenters. The molecule has 0 bridgehead atoms. The summed E-state index contributed by atoms with van der Waals surface area (Å²) in [6, 6.07) is 8.30. The predicted octanol–water partition coefficient (Wildman–Crippen LogP) is 0.612. The standard InChI is InChI=1S/C17H27NO6Si/c1-11(19)14(20)15(13(16(21)23-2)18-17(22)24-3)25(4,5)12-9-7-6-8-10-12/h6-11,13-15,19-20H,1-5H3,(H,18,22)/t11-,13+,14-,15-/m0/s1. The molecule has 1 aromatic rings. The van der Waals surface area contributed by atoms with Crippen molar-refractivity contribution in [1.29, 1.82) is 0 Å². The molecule has 25 heavy (non-hydrogen) atoms. The van der Waals surface area contributed by atoms with E-state index in [9.17, 15) is 19.8 Å². The molecule has 0 radical (unpaired) electrons. The minimum atomic E-state index is -2.54. The lowest BCUT2D eigenvalue weighted by Gasteiger charge is -2.41.